The molecule has 0 radical (unpaired) electrons. The molecule has 1 saturated carbocycles. The third-order valence-electron chi connectivity index (χ3n) is 6.31. The summed E-state index contributed by atoms with van der Waals surface area (Å²) in [6.45, 7) is 4.36. The number of hydrogen-bond donors (Lipinski definition) is 3. The molecule has 0 aromatic heterocycles. The predicted octanol–water partition coefficient (Wildman–Crippen LogP) is 2.31. The van der Waals surface area contributed by atoms with E-state index in [2.05, 4.69) is 5.32 Å². The van der Waals surface area contributed by atoms with E-state index in [1.807, 2.05) is 36.4 Å². The molecule has 1 fully saturated rings. The molecule has 3 unspecified atom stereocenters. The van der Waals surface area contributed by atoms with E-state index in [0.29, 0.717) is 51.4 Å². The van der Waals surface area contributed by atoms with E-state index in [4.69, 9.17) is 14.6 Å². The van der Waals surface area contributed by atoms with Gasteiger partial charge in [-0.25, -0.2) is 0 Å². The van der Waals surface area contributed by atoms with Gasteiger partial charge in [0.2, 0.25) is 11.8 Å². The lowest BCUT2D eigenvalue weighted by Gasteiger charge is -2.41. The Labute approximate surface area is 225 Å². The molecule has 0 bridgehead atoms. The molecule has 2 aliphatic rings. The van der Waals surface area contributed by atoms with E-state index in [9.17, 15) is 19.5 Å². The Kier molecular flexibility index (Phi) is 10.1. The number of nitrogens with one attached hydrogen (secondary N) is 1. The lowest BCUT2D eigenvalue weighted by molar-refractivity contribution is -0.139. The topological polar surface area (TPSA) is 125 Å². The minimum Gasteiger partial charge on any atom is -0.493 e. The fourth-order valence-electron chi connectivity index (χ4n) is 4.31. The molecule has 198 valence electrons. The van der Waals surface area contributed by atoms with Gasteiger partial charge in [0.1, 0.15) is 18.5 Å². The highest BCUT2D eigenvalue weighted by atomic mass is 127. The number of aliphatic hydroxyl groups excluding tert-OH is 2. The number of halogens is 1. The van der Waals surface area contributed by atoms with Crippen LogP contribution in [0.2, 0.25) is 0 Å². The number of benzene rings is 1. The summed E-state index contributed by atoms with van der Waals surface area (Å²) in [5, 5.41) is 23.3. The zero-order chi connectivity index (χ0) is 26.4. The summed E-state index contributed by atoms with van der Waals surface area (Å²) in [5.74, 6) is 0.763. The summed E-state index contributed by atoms with van der Waals surface area (Å²) in [7, 11) is 1.46. The molecule has 1 aromatic carbocycles. The zero-order valence-corrected chi connectivity index (χ0v) is 23.1. The molecule has 0 saturated heterocycles. The van der Waals surface area contributed by atoms with Crippen molar-refractivity contribution in [3.63, 3.8) is 0 Å². The van der Waals surface area contributed by atoms with Gasteiger partial charge < -0.3 is 29.9 Å². The molecule has 3 rings (SSSR count). The minimum absolute atomic E-state index is 0.0563. The Morgan fingerprint density at radius 2 is 2.03 bits per heavy atom. The van der Waals surface area contributed by atoms with Crippen LogP contribution >= 0.6 is 22.6 Å². The molecular formula is C26H35IN2O7. The van der Waals surface area contributed by atoms with Gasteiger partial charge in [-0.3, -0.25) is 14.4 Å². The van der Waals surface area contributed by atoms with Crippen LogP contribution in [0.5, 0.6) is 11.5 Å². The van der Waals surface area contributed by atoms with Gasteiger partial charge in [0, 0.05) is 37.1 Å². The second-order valence-electron chi connectivity index (χ2n) is 9.76. The first-order chi connectivity index (χ1) is 17.2. The summed E-state index contributed by atoms with van der Waals surface area (Å²) in [5.41, 5.74) is 0.792. The van der Waals surface area contributed by atoms with Gasteiger partial charge in [0.25, 0.3) is 0 Å². The highest BCUT2D eigenvalue weighted by molar-refractivity contribution is 14.1. The fraction of sp³-hybridized carbons (Fsp3) is 0.577. The van der Waals surface area contributed by atoms with Crippen molar-refractivity contribution >= 4 is 40.7 Å². The second kappa shape index (κ2) is 12.9. The molecule has 1 aromatic rings. The first kappa shape index (κ1) is 28.4. The van der Waals surface area contributed by atoms with Crippen molar-refractivity contribution in [2.45, 2.75) is 57.8 Å². The van der Waals surface area contributed by atoms with Crippen LogP contribution in [0.3, 0.4) is 0 Å². The first-order valence-electron chi connectivity index (χ1n) is 12.2. The smallest absolute Gasteiger partial charge is 0.247 e. The maximum absolute atomic E-state index is 13.3. The molecule has 3 N–H and O–H groups in total. The minimum atomic E-state index is -1.10. The van der Waals surface area contributed by atoms with Gasteiger partial charge in [-0.05, 0) is 65.5 Å². The van der Waals surface area contributed by atoms with Crippen molar-refractivity contribution in [3.05, 3.63) is 32.9 Å². The van der Waals surface area contributed by atoms with Crippen LogP contribution in [-0.4, -0.2) is 78.3 Å². The van der Waals surface area contributed by atoms with Crippen LogP contribution < -0.4 is 14.8 Å². The zero-order valence-electron chi connectivity index (χ0n) is 20.9. The van der Waals surface area contributed by atoms with E-state index in [0.717, 1.165) is 12.8 Å². The highest BCUT2D eigenvalue weighted by Crippen LogP contribution is 2.38. The van der Waals surface area contributed by atoms with Gasteiger partial charge in [-0.2, -0.15) is 0 Å². The summed E-state index contributed by atoms with van der Waals surface area (Å²) < 4.78 is 12.3. The van der Waals surface area contributed by atoms with Crippen molar-refractivity contribution in [3.8, 4) is 11.5 Å². The quantitative estimate of drug-likeness (QED) is 0.244. The standard InChI is InChI=1S/C26H35IN2O7/c1-15(2)8-23(32)29(13-16-4-5-16)20-11-18(26(34)28-6-7-30)12-21(24(20)33)36-25-19(27)9-17(14-31)10-22(25)35-3/h9-10,12,14-16,20-21,24,30,33H,4-8,11,13H2,1-3H3,(H,28,34). The van der Waals surface area contributed by atoms with Crippen LogP contribution in [0.15, 0.2) is 23.8 Å². The highest BCUT2D eigenvalue weighted by Gasteiger charge is 2.42. The SMILES string of the molecule is COc1cc(C=O)cc(I)c1OC1C=C(C(=O)NCCO)CC(N(CC2CC2)C(=O)CC(C)C)C1O. The lowest BCUT2D eigenvalue weighted by atomic mass is 9.87. The number of methoxy groups -OCH3 is 1. The van der Waals surface area contributed by atoms with E-state index < -0.39 is 18.2 Å². The number of hydrogen-bond acceptors (Lipinski definition) is 7. The predicted molar refractivity (Wildman–Crippen MR) is 142 cm³/mol. The third-order valence-corrected chi connectivity index (χ3v) is 7.11. The van der Waals surface area contributed by atoms with Crippen molar-refractivity contribution in [2.24, 2.45) is 11.8 Å². The third kappa shape index (κ3) is 7.19. The van der Waals surface area contributed by atoms with Crippen LogP contribution in [0.25, 0.3) is 0 Å². The van der Waals surface area contributed by atoms with E-state index in [-0.39, 0.29) is 37.3 Å². The Bertz CT molecular complexity index is 993. The van der Waals surface area contributed by atoms with Gasteiger partial charge >= 0.3 is 0 Å². The van der Waals surface area contributed by atoms with Crippen LogP contribution in [0.1, 0.15) is 49.9 Å². The largest absolute Gasteiger partial charge is 0.493 e. The van der Waals surface area contributed by atoms with E-state index >= 15 is 0 Å². The van der Waals surface area contributed by atoms with Crippen LogP contribution in [-0.2, 0) is 9.59 Å². The molecule has 2 amide bonds. The molecule has 0 heterocycles. The Hall–Kier alpha value is -2.18. The first-order valence-corrected chi connectivity index (χ1v) is 13.3. The van der Waals surface area contributed by atoms with Crippen molar-refractivity contribution in [1.29, 1.82) is 0 Å². The van der Waals surface area contributed by atoms with Gasteiger partial charge in [-0.15, -0.1) is 0 Å². The van der Waals surface area contributed by atoms with Crippen molar-refractivity contribution < 1.29 is 34.1 Å². The molecule has 9 nitrogen and oxygen atoms in total. The van der Waals surface area contributed by atoms with Gasteiger partial charge in [-0.1, -0.05) is 13.8 Å². The number of aldehydes is 1. The summed E-state index contributed by atoms with van der Waals surface area (Å²) in [6, 6.07) is 2.53. The number of amides is 2. The molecule has 10 heteroatoms. The van der Waals surface area contributed by atoms with Crippen LogP contribution in [0, 0.1) is 15.4 Å². The average molecular weight is 614 g/mol. The lowest BCUT2D eigenvalue weighted by Crippen LogP contribution is -2.55. The summed E-state index contributed by atoms with van der Waals surface area (Å²) in [4.78, 5) is 39.2. The molecular weight excluding hydrogens is 579 g/mol. The van der Waals surface area contributed by atoms with E-state index in [1.165, 1.54) is 7.11 Å². The molecule has 0 aliphatic heterocycles. The Morgan fingerprint density at radius 1 is 1.31 bits per heavy atom. The summed E-state index contributed by atoms with van der Waals surface area (Å²) >= 11 is 2.03. The average Bonchev–Trinajstić information content (AvgIpc) is 3.67. The molecule has 36 heavy (non-hydrogen) atoms. The van der Waals surface area contributed by atoms with Gasteiger partial charge in [0.05, 0.1) is 23.3 Å². The number of nitrogens with zero attached hydrogens (tertiary/aromatic N) is 1. The van der Waals surface area contributed by atoms with Crippen LogP contribution in [0.4, 0.5) is 0 Å². The Morgan fingerprint density at radius 3 is 2.61 bits per heavy atom. The monoisotopic (exact) mass is 614 g/mol. The molecule has 0 spiro atoms. The maximum Gasteiger partial charge on any atom is 0.247 e. The Balaban J connectivity index is 1.98. The number of aliphatic hydroxyl groups is 2. The van der Waals surface area contributed by atoms with E-state index in [1.54, 1.807) is 23.1 Å². The fourth-order valence-corrected chi connectivity index (χ4v) is 5.06. The normalized spacial score (nSPS) is 21.5. The number of rotatable bonds is 12. The number of carbonyl (C=O) groups is 3. The van der Waals surface area contributed by atoms with Crippen molar-refractivity contribution in [1.82, 2.24) is 10.2 Å². The number of ether oxygens (including phenoxy) is 2. The maximum atomic E-state index is 13.3. The van der Waals surface area contributed by atoms with Gasteiger partial charge in [0.15, 0.2) is 11.5 Å². The number of carbonyl (C=O) groups excluding carboxylic acids is 3. The molecule has 3 atom stereocenters. The second-order valence-corrected chi connectivity index (χ2v) is 10.9. The summed E-state index contributed by atoms with van der Waals surface area (Å²) in [6.07, 6.45) is 2.82. The van der Waals surface area contributed by atoms with Crippen molar-refractivity contribution in [2.75, 3.05) is 26.8 Å². The molecule has 2 aliphatic carbocycles.